The number of aromatic nitrogens is 1. The largest absolute Gasteiger partial charge is 0.497 e. The number of pyridine rings is 1. The van der Waals surface area contributed by atoms with Crippen LogP contribution in [0.4, 0.5) is 11.4 Å². The highest BCUT2D eigenvalue weighted by molar-refractivity contribution is 6.30. The second kappa shape index (κ2) is 9.05. The van der Waals surface area contributed by atoms with Gasteiger partial charge < -0.3 is 15.4 Å². The monoisotopic (exact) mass is 381 g/mol. The second-order valence-electron chi connectivity index (χ2n) is 5.92. The molecule has 0 unspecified atom stereocenters. The highest BCUT2D eigenvalue weighted by atomic mass is 35.5. The number of halogens is 1. The van der Waals surface area contributed by atoms with Gasteiger partial charge in [0, 0.05) is 17.3 Å². The van der Waals surface area contributed by atoms with Gasteiger partial charge in [-0.3, -0.25) is 4.79 Å². The summed E-state index contributed by atoms with van der Waals surface area (Å²) in [7, 11) is 1.66. The number of anilines is 2. The molecule has 1 heterocycles. The van der Waals surface area contributed by atoms with Crippen molar-refractivity contribution in [1.82, 2.24) is 4.98 Å². The Bertz CT molecular complexity index is 896. The fourth-order valence-electron chi connectivity index (χ4n) is 2.54. The summed E-state index contributed by atoms with van der Waals surface area (Å²) >= 11 is 5.84. The molecule has 138 valence electrons. The Morgan fingerprint density at radius 2 is 1.85 bits per heavy atom. The van der Waals surface area contributed by atoms with Gasteiger partial charge in [0.2, 0.25) is 0 Å². The smallest absolute Gasteiger partial charge is 0.274 e. The number of ether oxygens (including phenoxy) is 1. The molecular weight excluding hydrogens is 362 g/mol. The van der Waals surface area contributed by atoms with E-state index in [1.807, 2.05) is 24.3 Å². The molecule has 5 nitrogen and oxygen atoms in total. The molecule has 2 N–H and O–H groups in total. The lowest BCUT2D eigenvalue weighted by Crippen LogP contribution is -2.14. The van der Waals surface area contributed by atoms with Crippen molar-refractivity contribution in [3.05, 3.63) is 83.1 Å². The third-order valence-electron chi connectivity index (χ3n) is 3.98. The third kappa shape index (κ3) is 5.46. The number of benzene rings is 2. The summed E-state index contributed by atoms with van der Waals surface area (Å²) in [5, 5.41) is 6.71. The molecule has 0 radical (unpaired) electrons. The van der Waals surface area contributed by atoms with Crippen molar-refractivity contribution >= 4 is 28.9 Å². The minimum absolute atomic E-state index is 0.264. The van der Waals surface area contributed by atoms with E-state index in [4.69, 9.17) is 16.3 Å². The summed E-state index contributed by atoms with van der Waals surface area (Å²) in [6.07, 6.45) is 2.51. The van der Waals surface area contributed by atoms with E-state index in [1.165, 1.54) is 5.56 Å². The van der Waals surface area contributed by atoms with Gasteiger partial charge in [-0.25, -0.2) is 4.98 Å². The zero-order chi connectivity index (χ0) is 19.1. The highest BCUT2D eigenvalue weighted by Gasteiger charge is 2.07. The first kappa shape index (κ1) is 18.7. The molecule has 0 bridgehead atoms. The van der Waals surface area contributed by atoms with Gasteiger partial charge in [0.05, 0.1) is 19.0 Å². The van der Waals surface area contributed by atoms with Crippen molar-refractivity contribution in [3.8, 4) is 5.75 Å². The SMILES string of the molecule is COc1cccc(CCNc2ccc(C(=O)Nc3ccc(Cl)cc3)nc2)c1. The van der Waals surface area contributed by atoms with Crippen LogP contribution in [0.5, 0.6) is 5.75 Å². The first-order valence-electron chi connectivity index (χ1n) is 8.54. The lowest BCUT2D eigenvalue weighted by atomic mass is 10.1. The Morgan fingerprint density at radius 3 is 2.56 bits per heavy atom. The van der Waals surface area contributed by atoms with Gasteiger partial charge in [-0.15, -0.1) is 0 Å². The van der Waals surface area contributed by atoms with Gasteiger partial charge in [0.15, 0.2) is 0 Å². The number of nitrogens with one attached hydrogen (secondary N) is 2. The van der Waals surface area contributed by atoms with Crippen LogP contribution in [0.15, 0.2) is 66.9 Å². The number of hydrogen-bond acceptors (Lipinski definition) is 4. The van der Waals surface area contributed by atoms with Gasteiger partial charge >= 0.3 is 0 Å². The second-order valence-corrected chi connectivity index (χ2v) is 6.36. The van der Waals surface area contributed by atoms with Crippen molar-refractivity contribution in [2.45, 2.75) is 6.42 Å². The molecule has 1 amide bonds. The Labute approximate surface area is 163 Å². The predicted octanol–water partition coefficient (Wildman–Crippen LogP) is 4.65. The molecule has 0 fully saturated rings. The number of methoxy groups -OCH3 is 1. The highest BCUT2D eigenvalue weighted by Crippen LogP contribution is 2.15. The molecule has 2 aromatic carbocycles. The number of nitrogens with zero attached hydrogens (tertiary/aromatic N) is 1. The van der Waals surface area contributed by atoms with E-state index in [1.54, 1.807) is 43.6 Å². The molecule has 1 aromatic heterocycles. The molecule has 3 rings (SSSR count). The summed E-state index contributed by atoms with van der Waals surface area (Å²) < 4.78 is 5.23. The van der Waals surface area contributed by atoms with Crippen LogP contribution in [0.2, 0.25) is 5.02 Å². The number of hydrogen-bond donors (Lipinski definition) is 2. The fourth-order valence-corrected chi connectivity index (χ4v) is 2.67. The molecule has 0 atom stereocenters. The Kier molecular flexibility index (Phi) is 6.28. The molecule has 0 aliphatic carbocycles. The van der Waals surface area contributed by atoms with E-state index in [-0.39, 0.29) is 5.91 Å². The van der Waals surface area contributed by atoms with Gasteiger partial charge in [0.25, 0.3) is 5.91 Å². The van der Waals surface area contributed by atoms with Crippen molar-refractivity contribution in [2.24, 2.45) is 0 Å². The average Bonchev–Trinajstić information content (AvgIpc) is 2.70. The van der Waals surface area contributed by atoms with E-state index < -0.39 is 0 Å². The standard InChI is InChI=1S/C21H20ClN3O2/c1-27-19-4-2-3-15(13-19)11-12-23-18-9-10-20(24-14-18)21(26)25-17-7-5-16(22)6-8-17/h2-10,13-14,23H,11-12H2,1H3,(H,25,26). The molecular formula is C21H20ClN3O2. The van der Waals surface area contributed by atoms with Crippen molar-refractivity contribution < 1.29 is 9.53 Å². The Morgan fingerprint density at radius 1 is 1.07 bits per heavy atom. The molecule has 0 saturated carbocycles. The van der Waals surface area contributed by atoms with Crippen LogP contribution in [0.1, 0.15) is 16.1 Å². The third-order valence-corrected chi connectivity index (χ3v) is 4.23. The van der Waals surface area contributed by atoms with Crippen molar-refractivity contribution in [3.63, 3.8) is 0 Å². The van der Waals surface area contributed by atoms with Crippen LogP contribution in [0, 0.1) is 0 Å². The Balaban J connectivity index is 1.52. The molecule has 0 spiro atoms. The number of carbonyl (C=O) groups is 1. The summed E-state index contributed by atoms with van der Waals surface area (Å²) in [5.74, 6) is 0.588. The molecule has 0 aliphatic heterocycles. The summed E-state index contributed by atoms with van der Waals surface area (Å²) in [4.78, 5) is 16.5. The van der Waals surface area contributed by atoms with Gasteiger partial charge in [0.1, 0.15) is 11.4 Å². The lowest BCUT2D eigenvalue weighted by molar-refractivity contribution is 0.102. The first-order chi connectivity index (χ1) is 13.1. The first-order valence-corrected chi connectivity index (χ1v) is 8.91. The molecule has 6 heteroatoms. The minimum Gasteiger partial charge on any atom is -0.497 e. The van der Waals surface area contributed by atoms with Crippen LogP contribution in [0.3, 0.4) is 0 Å². The predicted molar refractivity (Wildman–Crippen MR) is 109 cm³/mol. The van der Waals surface area contributed by atoms with Crippen molar-refractivity contribution in [1.29, 1.82) is 0 Å². The minimum atomic E-state index is -0.264. The van der Waals surface area contributed by atoms with Gasteiger partial charge in [-0.05, 0) is 60.5 Å². The maximum atomic E-state index is 12.2. The summed E-state index contributed by atoms with van der Waals surface area (Å²) in [5.41, 5.74) is 3.07. The maximum Gasteiger partial charge on any atom is 0.274 e. The van der Waals surface area contributed by atoms with E-state index >= 15 is 0 Å². The maximum absolute atomic E-state index is 12.2. The lowest BCUT2D eigenvalue weighted by Gasteiger charge is -2.08. The number of amides is 1. The number of carbonyl (C=O) groups excluding carboxylic acids is 1. The summed E-state index contributed by atoms with van der Waals surface area (Å²) in [6.45, 7) is 0.755. The van der Waals surface area contributed by atoms with Crippen LogP contribution in [-0.4, -0.2) is 24.5 Å². The molecule has 3 aromatic rings. The number of rotatable bonds is 7. The Hall–Kier alpha value is -3.05. The normalized spacial score (nSPS) is 10.3. The van der Waals surface area contributed by atoms with Crippen LogP contribution < -0.4 is 15.4 Å². The van der Waals surface area contributed by atoms with Gasteiger partial charge in [-0.1, -0.05) is 23.7 Å². The topological polar surface area (TPSA) is 63.2 Å². The van der Waals surface area contributed by atoms with Crippen LogP contribution in [0.25, 0.3) is 0 Å². The zero-order valence-electron chi connectivity index (χ0n) is 14.9. The average molecular weight is 382 g/mol. The quantitative estimate of drug-likeness (QED) is 0.625. The van der Waals surface area contributed by atoms with E-state index in [2.05, 4.69) is 21.7 Å². The molecule has 27 heavy (non-hydrogen) atoms. The van der Waals surface area contributed by atoms with Crippen molar-refractivity contribution in [2.75, 3.05) is 24.3 Å². The van der Waals surface area contributed by atoms with Crippen LogP contribution in [-0.2, 0) is 6.42 Å². The van der Waals surface area contributed by atoms with E-state index in [0.29, 0.717) is 16.4 Å². The zero-order valence-corrected chi connectivity index (χ0v) is 15.7. The molecule has 0 aliphatic rings. The summed E-state index contributed by atoms with van der Waals surface area (Å²) in [6, 6.07) is 18.5. The van der Waals surface area contributed by atoms with E-state index in [9.17, 15) is 4.79 Å². The fraction of sp³-hybridized carbons (Fsp3) is 0.143. The van der Waals surface area contributed by atoms with Crippen LogP contribution >= 0.6 is 11.6 Å². The molecule has 0 saturated heterocycles. The van der Waals surface area contributed by atoms with E-state index in [0.717, 1.165) is 24.4 Å². The van der Waals surface area contributed by atoms with Gasteiger partial charge in [-0.2, -0.15) is 0 Å².